The molecule has 0 radical (unpaired) electrons. The van der Waals surface area contributed by atoms with Crippen molar-refractivity contribution in [2.75, 3.05) is 0 Å². The Labute approximate surface area is 133 Å². The number of hydrogen-bond acceptors (Lipinski definition) is 3. The Balaban J connectivity index is 1.59. The molecule has 2 aromatic heterocycles. The number of rotatable bonds is 5. The highest BCUT2D eigenvalue weighted by atomic mass is 16.3. The van der Waals surface area contributed by atoms with Gasteiger partial charge < -0.3 is 4.42 Å². The van der Waals surface area contributed by atoms with Gasteiger partial charge in [0.25, 0.3) is 5.91 Å². The van der Waals surface area contributed by atoms with Crippen LogP contribution < -0.4 is 9.99 Å². The third kappa shape index (κ3) is 4.14. The van der Waals surface area contributed by atoms with Crippen LogP contribution in [0.5, 0.6) is 0 Å². The smallest absolute Gasteiger partial charge is 0.271 e. The summed E-state index contributed by atoms with van der Waals surface area (Å²) in [5, 5.41) is 3.86. The maximum atomic E-state index is 12.0. The van der Waals surface area contributed by atoms with Gasteiger partial charge in [-0.3, -0.25) is 4.79 Å². The summed E-state index contributed by atoms with van der Waals surface area (Å²) in [5.74, 6) is 0.318. The van der Waals surface area contributed by atoms with E-state index in [-0.39, 0.29) is 5.91 Å². The minimum absolute atomic E-state index is 0.264. The monoisotopic (exact) mass is 306 g/mol. The van der Waals surface area contributed by atoms with Crippen LogP contribution in [-0.4, -0.2) is 12.1 Å². The molecule has 5 heteroatoms. The van der Waals surface area contributed by atoms with Gasteiger partial charge >= 0.3 is 0 Å². The number of carbonyl (C=O) groups is 1. The summed E-state index contributed by atoms with van der Waals surface area (Å²) in [6, 6.07) is 17.2. The predicted octanol–water partition coefficient (Wildman–Crippen LogP) is 2.38. The molecule has 5 nitrogen and oxygen atoms in total. The first-order valence-electron chi connectivity index (χ1n) is 7.21. The van der Waals surface area contributed by atoms with Crippen LogP contribution in [0.2, 0.25) is 0 Å². The number of carbonyl (C=O) groups excluding carboxylic acids is 1. The van der Waals surface area contributed by atoms with Crippen LogP contribution in [0.15, 0.2) is 82.8 Å². The molecular weight excluding hydrogens is 290 g/mol. The fraction of sp³-hybridized carbons (Fsp3) is 0.0556. The minimum atomic E-state index is -0.264. The highest BCUT2D eigenvalue weighted by Gasteiger charge is 2.08. The molecule has 3 aromatic rings. The largest absolute Gasteiger partial charge is 0.463 e. The fourth-order valence-electron chi connectivity index (χ4n) is 2.09. The number of benzene rings is 1. The molecule has 0 fully saturated rings. The van der Waals surface area contributed by atoms with Gasteiger partial charge in [-0.05, 0) is 12.1 Å². The molecule has 0 unspecified atom stereocenters. The van der Waals surface area contributed by atoms with E-state index in [1.54, 1.807) is 30.5 Å². The maximum absolute atomic E-state index is 12.0. The molecule has 0 spiro atoms. The van der Waals surface area contributed by atoms with Crippen molar-refractivity contribution < 1.29 is 13.8 Å². The Kier molecular flexibility index (Phi) is 4.59. The number of amides is 1. The molecule has 1 aromatic carbocycles. The number of nitrogens with zero attached hydrogens (tertiary/aromatic N) is 2. The summed E-state index contributed by atoms with van der Waals surface area (Å²) >= 11 is 0. The van der Waals surface area contributed by atoms with Gasteiger partial charge in [0.2, 0.25) is 0 Å². The van der Waals surface area contributed by atoms with E-state index < -0.39 is 0 Å². The quantitative estimate of drug-likeness (QED) is 0.447. The Morgan fingerprint density at radius 1 is 1.09 bits per heavy atom. The average Bonchev–Trinajstić information content (AvgIpc) is 3.10. The van der Waals surface area contributed by atoms with E-state index >= 15 is 0 Å². The standard InChI is InChI=1S/C18H15N3O2/c22-18(20-19-13-17-7-4-12-23-17)16-8-10-21(11-9-16)14-15-5-2-1-3-6-15/h1-13H,14H2/p+1. The van der Waals surface area contributed by atoms with E-state index in [0.717, 1.165) is 6.54 Å². The lowest BCUT2D eigenvalue weighted by Gasteiger charge is -2.00. The second kappa shape index (κ2) is 7.17. The first-order chi connectivity index (χ1) is 11.3. The normalized spacial score (nSPS) is 10.8. The van der Waals surface area contributed by atoms with Gasteiger partial charge in [-0.25, -0.2) is 9.99 Å². The SMILES string of the molecule is O=C(NN=Cc1ccco1)c1cc[n+](Cc2ccccc2)cc1. The molecular formula is C18H16N3O2+. The molecule has 23 heavy (non-hydrogen) atoms. The lowest BCUT2D eigenvalue weighted by atomic mass is 10.2. The van der Waals surface area contributed by atoms with E-state index in [4.69, 9.17) is 4.42 Å². The van der Waals surface area contributed by atoms with Crippen LogP contribution in [0.1, 0.15) is 21.7 Å². The maximum Gasteiger partial charge on any atom is 0.271 e. The molecule has 0 saturated carbocycles. The van der Waals surface area contributed by atoms with E-state index in [2.05, 4.69) is 22.7 Å². The van der Waals surface area contributed by atoms with Gasteiger partial charge in [-0.2, -0.15) is 5.10 Å². The molecule has 2 heterocycles. The van der Waals surface area contributed by atoms with Gasteiger partial charge in [-0.1, -0.05) is 30.3 Å². The second-order valence-corrected chi connectivity index (χ2v) is 4.96. The molecule has 1 N–H and O–H groups in total. The van der Waals surface area contributed by atoms with Crippen molar-refractivity contribution in [3.05, 3.63) is 90.1 Å². The van der Waals surface area contributed by atoms with Crippen molar-refractivity contribution in [1.82, 2.24) is 5.43 Å². The highest BCUT2D eigenvalue weighted by Crippen LogP contribution is 2.00. The molecule has 114 valence electrons. The lowest BCUT2D eigenvalue weighted by Crippen LogP contribution is -2.33. The van der Waals surface area contributed by atoms with Crippen LogP contribution in [0, 0.1) is 0 Å². The Bertz CT molecular complexity index is 779. The topological polar surface area (TPSA) is 58.5 Å². The predicted molar refractivity (Wildman–Crippen MR) is 85.9 cm³/mol. The third-order valence-electron chi connectivity index (χ3n) is 3.26. The van der Waals surface area contributed by atoms with Crippen molar-refractivity contribution in [2.45, 2.75) is 6.54 Å². The van der Waals surface area contributed by atoms with Crippen LogP contribution in [0.4, 0.5) is 0 Å². The Morgan fingerprint density at radius 2 is 1.87 bits per heavy atom. The summed E-state index contributed by atoms with van der Waals surface area (Å²) in [6.07, 6.45) is 6.75. The number of hydrogen-bond donors (Lipinski definition) is 1. The minimum Gasteiger partial charge on any atom is -0.463 e. The molecule has 0 aliphatic heterocycles. The lowest BCUT2D eigenvalue weighted by molar-refractivity contribution is -0.688. The van der Waals surface area contributed by atoms with Crippen molar-refractivity contribution in [2.24, 2.45) is 5.10 Å². The van der Waals surface area contributed by atoms with E-state index in [1.807, 2.05) is 35.2 Å². The van der Waals surface area contributed by atoms with Gasteiger partial charge in [-0.15, -0.1) is 0 Å². The van der Waals surface area contributed by atoms with Crippen molar-refractivity contribution in [3.8, 4) is 0 Å². The van der Waals surface area contributed by atoms with Gasteiger partial charge in [0.15, 0.2) is 18.9 Å². The van der Waals surface area contributed by atoms with Crippen LogP contribution in [0.25, 0.3) is 0 Å². The van der Waals surface area contributed by atoms with E-state index in [1.165, 1.54) is 11.8 Å². The van der Waals surface area contributed by atoms with Gasteiger partial charge in [0.1, 0.15) is 5.76 Å². The molecule has 0 aliphatic carbocycles. The summed E-state index contributed by atoms with van der Waals surface area (Å²) in [4.78, 5) is 12.0. The second-order valence-electron chi connectivity index (χ2n) is 4.96. The first-order valence-corrected chi connectivity index (χ1v) is 7.21. The van der Waals surface area contributed by atoms with E-state index in [0.29, 0.717) is 11.3 Å². The van der Waals surface area contributed by atoms with Crippen LogP contribution in [-0.2, 0) is 6.54 Å². The van der Waals surface area contributed by atoms with Crippen molar-refractivity contribution >= 4 is 12.1 Å². The third-order valence-corrected chi connectivity index (χ3v) is 3.26. The Hall–Kier alpha value is -3.21. The number of hydrazone groups is 1. The fourth-order valence-corrected chi connectivity index (χ4v) is 2.09. The number of pyridine rings is 1. The summed E-state index contributed by atoms with van der Waals surface area (Å²) in [6.45, 7) is 0.763. The first kappa shape index (κ1) is 14.7. The number of nitrogens with one attached hydrogen (secondary N) is 1. The molecule has 0 atom stereocenters. The average molecular weight is 306 g/mol. The van der Waals surface area contributed by atoms with Crippen molar-refractivity contribution in [1.29, 1.82) is 0 Å². The summed E-state index contributed by atoms with van der Waals surface area (Å²) in [5.41, 5.74) is 4.22. The number of furan rings is 1. The summed E-state index contributed by atoms with van der Waals surface area (Å²) < 4.78 is 7.10. The molecule has 0 saturated heterocycles. The molecule has 0 bridgehead atoms. The zero-order valence-electron chi connectivity index (χ0n) is 12.4. The molecule has 1 amide bonds. The zero-order chi connectivity index (χ0) is 15.9. The van der Waals surface area contributed by atoms with Gasteiger partial charge in [0.05, 0.1) is 18.0 Å². The van der Waals surface area contributed by atoms with Gasteiger partial charge in [0, 0.05) is 17.7 Å². The highest BCUT2D eigenvalue weighted by molar-refractivity contribution is 5.94. The molecule has 0 aliphatic rings. The molecule has 3 rings (SSSR count). The summed E-state index contributed by atoms with van der Waals surface area (Å²) in [7, 11) is 0. The van der Waals surface area contributed by atoms with Crippen molar-refractivity contribution in [3.63, 3.8) is 0 Å². The van der Waals surface area contributed by atoms with Crippen LogP contribution >= 0.6 is 0 Å². The van der Waals surface area contributed by atoms with Crippen LogP contribution in [0.3, 0.4) is 0 Å². The van der Waals surface area contributed by atoms with E-state index in [9.17, 15) is 4.79 Å². The zero-order valence-corrected chi connectivity index (χ0v) is 12.4. The Morgan fingerprint density at radius 3 is 2.57 bits per heavy atom. The number of aromatic nitrogens is 1.